The van der Waals surface area contributed by atoms with Crippen molar-refractivity contribution in [3.63, 3.8) is 0 Å². The average Bonchev–Trinajstić information content (AvgIpc) is 2.46. The van der Waals surface area contributed by atoms with Crippen LogP contribution in [0.3, 0.4) is 0 Å². The first-order valence-electron chi connectivity index (χ1n) is 7.36. The second-order valence-electron chi connectivity index (χ2n) is 5.53. The summed E-state index contributed by atoms with van der Waals surface area (Å²) < 4.78 is 5.14. The third-order valence-corrected chi connectivity index (χ3v) is 3.99. The SMILES string of the molecule is COc1cccc(NC(=O)CN[C@@H]2CCCC[C@H]2C)c1. The van der Waals surface area contributed by atoms with E-state index in [0.29, 0.717) is 18.5 Å². The Labute approximate surface area is 120 Å². The molecule has 0 saturated heterocycles. The quantitative estimate of drug-likeness (QED) is 0.869. The molecule has 2 rings (SSSR count). The Morgan fingerprint density at radius 3 is 2.90 bits per heavy atom. The van der Waals surface area contributed by atoms with E-state index in [0.717, 1.165) is 11.4 Å². The van der Waals surface area contributed by atoms with Crippen LogP contribution in [-0.4, -0.2) is 25.6 Å². The smallest absolute Gasteiger partial charge is 0.238 e. The van der Waals surface area contributed by atoms with Gasteiger partial charge in [0, 0.05) is 17.8 Å². The topological polar surface area (TPSA) is 50.4 Å². The Hall–Kier alpha value is -1.55. The summed E-state index contributed by atoms with van der Waals surface area (Å²) in [5, 5.41) is 6.27. The van der Waals surface area contributed by atoms with Gasteiger partial charge in [-0.2, -0.15) is 0 Å². The Bertz CT molecular complexity index is 448. The summed E-state index contributed by atoms with van der Waals surface area (Å²) in [6.45, 7) is 2.63. The van der Waals surface area contributed by atoms with Gasteiger partial charge in [-0.05, 0) is 30.9 Å². The van der Waals surface area contributed by atoms with Crippen molar-refractivity contribution < 1.29 is 9.53 Å². The molecule has 0 radical (unpaired) electrons. The number of hydrogen-bond donors (Lipinski definition) is 2. The maximum absolute atomic E-state index is 11.9. The third kappa shape index (κ3) is 4.23. The van der Waals surface area contributed by atoms with Gasteiger partial charge in [-0.25, -0.2) is 0 Å². The summed E-state index contributed by atoms with van der Waals surface area (Å²) in [6.07, 6.45) is 5.01. The van der Waals surface area contributed by atoms with Crippen LogP contribution in [0, 0.1) is 5.92 Å². The fourth-order valence-electron chi connectivity index (χ4n) is 2.75. The van der Waals surface area contributed by atoms with E-state index >= 15 is 0 Å². The molecular formula is C16H24N2O2. The van der Waals surface area contributed by atoms with Gasteiger partial charge in [0.1, 0.15) is 5.75 Å². The molecule has 0 aromatic heterocycles. The number of hydrogen-bond acceptors (Lipinski definition) is 3. The maximum Gasteiger partial charge on any atom is 0.238 e. The first-order chi connectivity index (χ1) is 9.69. The van der Waals surface area contributed by atoms with Crippen molar-refractivity contribution in [1.82, 2.24) is 5.32 Å². The Kier molecular flexibility index (Phi) is 5.41. The lowest BCUT2D eigenvalue weighted by molar-refractivity contribution is -0.115. The number of carbonyl (C=O) groups excluding carboxylic acids is 1. The number of amides is 1. The third-order valence-electron chi connectivity index (χ3n) is 3.99. The second kappa shape index (κ2) is 7.29. The molecule has 0 unspecified atom stereocenters. The highest BCUT2D eigenvalue weighted by Gasteiger charge is 2.21. The summed E-state index contributed by atoms with van der Waals surface area (Å²) in [5.41, 5.74) is 0.771. The minimum atomic E-state index is -0.00368. The molecule has 1 aliphatic rings. The van der Waals surface area contributed by atoms with Gasteiger partial charge in [-0.3, -0.25) is 4.79 Å². The van der Waals surface area contributed by atoms with E-state index in [4.69, 9.17) is 4.74 Å². The largest absolute Gasteiger partial charge is 0.497 e. The zero-order valence-corrected chi connectivity index (χ0v) is 12.3. The van der Waals surface area contributed by atoms with Crippen LogP contribution in [0.1, 0.15) is 32.6 Å². The van der Waals surface area contributed by atoms with Gasteiger partial charge in [0.15, 0.2) is 0 Å². The van der Waals surface area contributed by atoms with Crippen LogP contribution in [0.5, 0.6) is 5.75 Å². The van der Waals surface area contributed by atoms with Crippen LogP contribution in [-0.2, 0) is 4.79 Å². The van der Waals surface area contributed by atoms with E-state index in [-0.39, 0.29) is 5.91 Å². The van der Waals surface area contributed by atoms with Crippen LogP contribution in [0.25, 0.3) is 0 Å². The first kappa shape index (κ1) is 14.9. The second-order valence-corrected chi connectivity index (χ2v) is 5.53. The van der Waals surface area contributed by atoms with Crippen molar-refractivity contribution in [2.75, 3.05) is 19.0 Å². The van der Waals surface area contributed by atoms with Crippen LogP contribution < -0.4 is 15.4 Å². The fraction of sp³-hybridized carbons (Fsp3) is 0.562. The molecule has 1 fully saturated rings. The van der Waals surface area contributed by atoms with Crippen molar-refractivity contribution in [2.24, 2.45) is 5.92 Å². The minimum Gasteiger partial charge on any atom is -0.497 e. The highest BCUT2D eigenvalue weighted by molar-refractivity contribution is 5.92. The lowest BCUT2D eigenvalue weighted by atomic mass is 9.86. The molecule has 4 nitrogen and oxygen atoms in total. The molecular weight excluding hydrogens is 252 g/mol. The van der Waals surface area contributed by atoms with Gasteiger partial charge in [0.25, 0.3) is 0 Å². The van der Waals surface area contributed by atoms with Crippen molar-refractivity contribution in [2.45, 2.75) is 38.6 Å². The normalized spacial score (nSPS) is 22.3. The molecule has 110 valence electrons. The van der Waals surface area contributed by atoms with Gasteiger partial charge in [-0.15, -0.1) is 0 Å². The van der Waals surface area contributed by atoms with Gasteiger partial charge in [-0.1, -0.05) is 25.8 Å². The zero-order valence-electron chi connectivity index (χ0n) is 12.3. The van der Waals surface area contributed by atoms with Gasteiger partial charge in [0.05, 0.1) is 13.7 Å². The van der Waals surface area contributed by atoms with E-state index in [9.17, 15) is 4.79 Å². The number of ether oxygens (including phenoxy) is 1. The maximum atomic E-state index is 11.9. The molecule has 1 aliphatic carbocycles. The molecule has 1 aromatic rings. The number of carbonyl (C=O) groups is 1. The molecule has 0 aliphatic heterocycles. The van der Waals surface area contributed by atoms with E-state index in [2.05, 4.69) is 17.6 Å². The van der Waals surface area contributed by atoms with E-state index in [1.54, 1.807) is 7.11 Å². The van der Waals surface area contributed by atoms with E-state index in [1.807, 2.05) is 24.3 Å². The summed E-state index contributed by atoms with van der Waals surface area (Å²) in [7, 11) is 1.62. The van der Waals surface area contributed by atoms with Gasteiger partial charge in [0.2, 0.25) is 5.91 Å². The zero-order chi connectivity index (χ0) is 14.4. The fourth-order valence-corrected chi connectivity index (χ4v) is 2.75. The van der Waals surface area contributed by atoms with Crippen molar-refractivity contribution in [3.05, 3.63) is 24.3 Å². The highest BCUT2D eigenvalue weighted by Crippen LogP contribution is 2.23. The van der Waals surface area contributed by atoms with Crippen LogP contribution in [0.4, 0.5) is 5.69 Å². The number of methoxy groups -OCH3 is 1. The predicted octanol–water partition coefficient (Wildman–Crippen LogP) is 2.80. The van der Waals surface area contributed by atoms with Gasteiger partial charge < -0.3 is 15.4 Å². The Morgan fingerprint density at radius 1 is 1.35 bits per heavy atom. The molecule has 2 N–H and O–H groups in total. The number of rotatable bonds is 5. The summed E-state index contributed by atoms with van der Waals surface area (Å²) in [6, 6.07) is 7.88. The average molecular weight is 276 g/mol. The molecule has 0 heterocycles. The monoisotopic (exact) mass is 276 g/mol. The molecule has 0 bridgehead atoms. The lowest BCUT2D eigenvalue weighted by Crippen LogP contribution is -2.41. The number of benzene rings is 1. The summed E-state index contributed by atoms with van der Waals surface area (Å²) >= 11 is 0. The standard InChI is InChI=1S/C16H24N2O2/c1-12-6-3-4-9-15(12)17-11-16(19)18-13-7-5-8-14(10-13)20-2/h5,7-8,10,12,15,17H,3-4,6,9,11H2,1-2H3,(H,18,19)/t12-,15-/m1/s1. The van der Waals surface area contributed by atoms with E-state index < -0.39 is 0 Å². The molecule has 1 amide bonds. The first-order valence-corrected chi connectivity index (χ1v) is 7.36. The predicted molar refractivity (Wildman–Crippen MR) is 81.0 cm³/mol. The van der Waals surface area contributed by atoms with Crippen molar-refractivity contribution in [1.29, 1.82) is 0 Å². The number of anilines is 1. The van der Waals surface area contributed by atoms with Crippen LogP contribution in [0.15, 0.2) is 24.3 Å². The molecule has 0 spiro atoms. The number of nitrogens with one attached hydrogen (secondary N) is 2. The van der Waals surface area contributed by atoms with Crippen LogP contribution >= 0.6 is 0 Å². The molecule has 1 saturated carbocycles. The Balaban J connectivity index is 1.79. The summed E-state index contributed by atoms with van der Waals surface area (Å²) in [4.78, 5) is 11.9. The molecule has 2 atom stereocenters. The molecule has 4 heteroatoms. The highest BCUT2D eigenvalue weighted by atomic mass is 16.5. The van der Waals surface area contributed by atoms with E-state index in [1.165, 1.54) is 25.7 Å². The molecule has 1 aromatic carbocycles. The molecule has 20 heavy (non-hydrogen) atoms. The minimum absolute atomic E-state index is 0.00368. The lowest BCUT2D eigenvalue weighted by Gasteiger charge is -2.29. The van der Waals surface area contributed by atoms with Crippen molar-refractivity contribution >= 4 is 11.6 Å². The van der Waals surface area contributed by atoms with Crippen molar-refractivity contribution in [3.8, 4) is 5.75 Å². The van der Waals surface area contributed by atoms with Crippen LogP contribution in [0.2, 0.25) is 0 Å². The Morgan fingerprint density at radius 2 is 2.15 bits per heavy atom. The van der Waals surface area contributed by atoms with Gasteiger partial charge >= 0.3 is 0 Å². The summed E-state index contributed by atoms with van der Waals surface area (Å²) in [5.74, 6) is 1.40.